The van der Waals surface area contributed by atoms with E-state index in [2.05, 4.69) is 34.6 Å². The number of likely N-dealkylation sites (N-methyl/N-ethyl adjacent to an activating group) is 1. The van der Waals surface area contributed by atoms with E-state index in [0.717, 1.165) is 12.8 Å². The topological polar surface area (TPSA) is 57.3 Å². The van der Waals surface area contributed by atoms with E-state index in [1.807, 2.05) is 0 Å². The summed E-state index contributed by atoms with van der Waals surface area (Å²) < 4.78 is 0. The van der Waals surface area contributed by atoms with Crippen molar-refractivity contribution in [2.75, 3.05) is 33.0 Å². The number of aromatic nitrogens is 1. The molecule has 1 aromatic heterocycles. The Morgan fingerprint density at radius 3 is 2.65 bits per heavy atom. The lowest BCUT2D eigenvalue weighted by molar-refractivity contribution is 0.0557. The average molecular weight is 297 g/mol. The van der Waals surface area contributed by atoms with Crippen molar-refractivity contribution in [2.45, 2.75) is 24.8 Å². The first-order valence-electron chi connectivity index (χ1n) is 6.78. The van der Waals surface area contributed by atoms with Gasteiger partial charge in [-0.3, -0.25) is 4.79 Å². The van der Waals surface area contributed by atoms with E-state index < -0.39 is 0 Å². The van der Waals surface area contributed by atoms with E-state index in [1.54, 1.807) is 19.2 Å². The van der Waals surface area contributed by atoms with Crippen molar-refractivity contribution in [1.82, 2.24) is 15.2 Å². The molecule has 0 spiro atoms. The smallest absolute Gasteiger partial charge is 0.251 e. The van der Waals surface area contributed by atoms with Crippen LogP contribution in [0.2, 0.25) is 5.15 Å². The van der Waals surface area contributed by atoms with Crippen LogP contribution in [0.1, 0.15) is 29.6 Å². The summed E-state index contributed by atoms with van der Waals surface area (Å²) in [7, 11) is 5.87. The lowest BCUT2D eigenvalue weighted by Gasteiger charge is -2.47. The third-order valence-electron chi connectivity index (χ3n) is 4.12. The van der Waals surface area contributed by atoms with Crippen molar-refractivity contribution >= 4 is 23.3 Å². The number of pyridine rings is 1. The minimum Gasteiger partial charge on any atom is -0.373 e. The van der Waals surface area contributed by atoms with Gasteiger partial charge in [-0.25, -0.2) is 4.98 Å². The standard InChI is InChI=1S/C14H21ClN4O/c1-16-12-8-10(7-11(15)18-12)13(20)17-9-14(19(2)3)5-4-6-14/h7-8H,4-6,9H2,1-3H3,(H,16,18)(H,17,20). The molecule has 0 radical (unpaired) electrons. The molecule has 1 aliphatic carbocycles. The van der Waals surface area contributed by atoms with Gasteiger partial charge in [-0.1, -0.05) is 11.6 Å². The maximum atomic E-state index is 12.2. The van der Waals surface area contributed by atoms with Crippen LogP contribution < -0.4 is 10.6 Å². The van der Waals surface area contributed by atoms with E-state index >= 15 is 0 Å². The monoisotopic (exact) mass is 296 g/mol. The Hall–Kier alpha value is -1.33. The molecule has 2 rings (SSSR count). The third-order valence-corrected chi connectivity index (χ3v) is 4.32. The molecule has 1 amide bonds. The van der Waals surface area contributed by atoms with Crippen LogP contribution in [0.15, 0.2) is 12.1 Å². The van der Waals surface area contributed by atoms with Crippen LogP contribution in [0.5, 0.6) is 0 Å². The average Bonchev–Trinajstić information content (AvgIpc) is 2.35. The van der Waals surface area contributed by atoms with Gasteiger partial charge in [0, 0.05) is 24.7 Å². The second kappa shape index (κ2) is 5.97. The number of hydrogen-bond donors (Lipinski definition) is 2. The second-order valence-electron chi connectivity index (χ2n) is 5.47. The maximum absolute atomic E-state index is 12.2. The zero-order valence-corrected chi connectivity index (χ0v) is 12.9. The van der Waals surface area contributed by atoms with Crippen molar-refractivity contribution in [3.63, 3.8) is 0 Å². The Morgan fingerprint density at radius 1 is 1.45 bits per heavy atom. The number of nitrogens with one attached hydrogen (secondary N) is 2. The van der Waals surface area contributed by atoms with E-state index in [9.17, 15) is 4.79 Å². The molecule has 0 atom stereocenters. The zero-order chi connectivity index (χ0) is 14.8. The van der Waals surface area contributed by atoms with Gasteiger partial charge >= 0.3 is 0 Å². The van der Waals surface area contributed by atoms with Crippen molar-refractivity contribution in [2.24, 2.45) is 0 Å². The van der Waals surface area contributed by atoms with Gasteiger partial charge in [0.1, 0.15) is 11.0 Å². The summed E-state index contributed by atoms with van der Waals surface area (Å²) >= 11 is 5.91. The Balaban J connectivity index is 2.03. The van der Waals surface area contributed by atoms with Gasteiger partial charge < -0.3 is 15.5 Å². The van der Waals surface area contributed by atoms with Gasteiger partial charge in [0.05, 0.1) is 0 Å². The van der Waals surface area contributed by atoms with E-state index in [0.29, 0.717) is 23.1 Å². The fourth-order valence-corrected chi connectivity index (χ4v) is 2.68. The second-order valence-corrected chi connectivity index (χ2v) is 5.86. The lowest BCUT2D eigenvalue weighted by Crippen LogP contribution is -2.57. The molecule has 1 aromatic rings. The number of anilines is 1. The summed E-state index contributed by atoms with van der Waals surface area (Å²) in [5.74, 6) is 0.479. The summed E-state index contributed by atoms with van der Waals surface area (Å²) in [5, 5.41) is 6.21. The quantitative estimate of drug-likeness (QED) is 0.816. The molecule has 1 aliphatic rings. The van der Waals surface area contributed by atoms with Crippen LogP contribution in [-0.2, 0) is 0 Å². The van der Waals surface area contributed by atoms with Crippen molar-refractivity contribution in [3.05, 3.63) is 22.8 Å². The molecular weight excluding hydrogens is 276 g/mol. The van der Waals surface area contributed by atoms with Crippen LogP contribution in [0, 0.1) is 0 Å². The van der Waals surface area contributed by atoms with Gasteiger partial charge in [0.25, 0.3) is 5.91 Å². The number of carbonyl (C=O) groups is 1. The number of hydrogen-bond acceptors (Lipinski definition) is 4. The number of carbonyl (C=O) groups excluding carboxylic acids is 1. The molecular formula is C14H21ClN4O. The molecule has 0 unspecified atom stereocenters. The van der Waals surface area contributed by atoms with Gasteiger partial charge in [-0.2, -0.15) is 0 Å². The highest BCUT2D eigenvalue weighted by Gasteiger charge is 2.39. The third kappa shape index (κ3) is 3.04. The molecule has 2 N–H and O–H groups in total. The van der Waals surface area contributed by atoms with E-state index in [-0.39, 0.29) is 11.4 Å². The Bertz CT molecular complexity index is 500. The molecule has 0 aromatic carbocycles. The first-order chi connectivity index (χ1) is 9.47. The molecule has 0 saturated heterocycles. The lowest BCUT2D eigenvalue weighted by atomic mass is 9.75. The van der Waals surface area contributed by atoms with Crippen LogP contribution in [-0.4, -0.2) is 49.0 Å². The van der Waals surface area contributed by atoms with Crippen LogP contribution in [0.3, 0.4) is 0 Å². The summed E-state index contributed by atoms with van der Waals surface area (Å²) in [5.41, 5.74) is 0.640. The largest absolute Gasteiger partial charge is 0.373 e. The molecule has 5 nitrogen and oxygen atoms in total. The zero-order valence-electron chi connectivity index (χ0n) is 12.2. The minimum atomic E-state index is -0.112. The van der Waals surface area contributed by atoms with Crippen LogP contribution in [0.25, 0.3) is 0 Å². The van der Waals surface area contributed by atoms with Crippen molar-refractivity contribution in [3.8, 4) is 0 Å². The Labute approximate surface area is 124 Å². The molecule has 1 fully saturated rings. The van der Waals surface area contributed by atoms with E-state index in [4.69, 9.17) is 11.6 Å². The number of halogens is 1. The van der Waals surface area contributed by atoms with Gasteiger partial charge in [-0.15, -0.1) is 0 Å². The first kappa shape index (κ1) is 15.1. The Morgan fingerprint density at radius 2 is 2.15 bits per heavy atom. The normalized spacial score (nSPS) is 16.6. The van der Waals surface area contributed by atoms with Gasteiger partial charge in [0.2, 0.25) is 0 Å². The highest BCUT2D eigenvalue weighted by Crippen LogP contribution is 2.35. The predicted molar refractivity (Wildman–Crippen MR) is 81.4 cm³/mol. The SMILES string of the molecule is CNc1cc(C(=O)NCC2(N(C)C)CCC2)cc(Cl)n1. The molecule has 6 heteroatoms. The summed E-state index contributed by atoms with van der Waals surface area (Å²) in [6.07, 6.45) is 3.47. The molecule has 0 aliphatic heterocycles. The summed E-state index contributed by atoms with van der Waals surface area (Å²) in [6, 6.07) is 3.28. The summed E-state index contributed by atoms with van der Waals surface area (Å²) in [6.45, 7) is 0.660. The maximum Gasteiger partial charge on any atom is 0.251 e. The Kier molecular flexibility index (Phi) is 4.50. The summed E-state index contributed by atoms with van der Waals surface area (Å²) in [4.78, 5) is 18.5. The molecule has 0 bridgehead atoms. The molecule has 110 valence electrons. The van der Waals surface area contributed by atoms with Crippen molar-refractivity contribution < 1.29 is 4.79 Å². The van der Waals surface area contributed by atoms with Crippen molar-refractivity contribution in [1.29, 1.82) is 0 Å². The molecule has 1 heterocycles. The van der Waals surface area contributed by atoms with E-state index in [1.165, 1.54) is 6.42 Å². The molecule has 1 saturated carbocycles. The first-order valence-corrected chi connectivity index (χ1v) is 7.16. The van der Waals surface area contributed by atoms with Crippen LogP contribution >= 0.6 is 11.6 Å². The fourth-order valence-electron chi connectivity index (χ4n) is 2.47. The van der Waals surface area contributed by atoms with Gasteiger partial charge in [0.15, 0.2) is 0 Å². The number of amides is 1. The predicted octanol–water partition coefficient (Wildman–Crippen LogP) is 1.99. The van der Waals surface area contributed by atoms with Gasteiger partial charge in [-0.05, 0) is 45.5 Å². The highest BCUT2D eigenvalue weighted by molar-refractivity contribution is 6.29. The highest BCUT2D eigenvalue weighted by atomic mass is 35.5. The number of rotatable bonds is 5. The number of nitrogens with zero attached hydrogens (tertiary/aromatic N) is 2. The fraction of sp³-hybridized carbons (Fsp3) is 0.571. The molecule has 20 heavy (non-hydrogen) atoms. The minimum absolute atomic E-state index is 0.109. The van der Waals surface area contributed by atoms with Crippen LogP contribution in [0.4, 0.5) is 5.82 Å².